The van der Waals surface area contributed by atoms with Crippen LogP contribution in [0, 0.1) is 5.92 Å². The van der Waals surface area contributed by atoms with E-state index in [0.29, 0.717) is 18.4 Å². The Morgan fingerprint density at radius 2 is 1.85 bits per heavy atom. The van der Waals surface area contributed by atoms with E-state index in [0.717, 1.165) is 18.6 Å². The second-order valence-corrected chi connectivity index (χ2v) is 5.70. The SMILES string of the molecule is CCC(C)c1ccc(OCC(=O)NCCC(C)C)cc1. The van der Waals surface area contributed by atoms with Crippen LogP contribution in [0.15, 0.2) is 24.3 Å². The van der Waals surface area contributed by atoms with E-state index < -0.39 is 0 Å². The largest absolute Gasteiger partial charge is 0.484 e. The molecule has 0 radical (unpaired) electrons. The molecule has 20 heavy (non-hydrogen) atoms. The van der Waals surface area contributed by atoms with Crippen molar-refractivity contribution in [3.05, 3.63) is 29.8 Å². The summed E-state index contributed by atoms with van der Waals surface area (Å²) >= 11 is 0. The van der Waals surface area contributed by atoms with Gasteiger partial charge in [-0.2, -0.15) is 0 Å². The lowest BCUT2D eigenvalue weighted by Gasteiger charge is -2.11. The van der Waals surface area contributed by atoms with Crippen molar-refractivity contribution < 1.29 is 9.53 Å². The van der Waals surface area contributed by atoms with Gasteiger partial charge >= 0.3 is 0 Å². The van der Waals surface area contributed by atoms with Gasteiger partial charge in [-0.1, -0.05) is 39.8 Å². The van der Waals surface area contributed by atoms with Crippen molar-refractivity contribution in [1.29, 1.82) is 0 Å². The maximum absolute atomic E-state index is 11.6. The van der Waals surface area contributed by atoms with Gasteiger partial charge in [0.15, 0.2) is 6.61 Å². The molecular formula is C17H27NO2. The Hall–Kier alpha value is -1.51. The quantitative estimate of drug-likeness (QED) is 0.786. The summed E-state index contributed by atoms with van der Waals surface area (Å²) in [7, 11) is 0. The predicted molar refractivity (Wildman–Crippen MR) is 83.1 cm³/mol. The summed E-state index contributed by atoms with van der Waals surface area (Å²) in [6.45, 7) is 9.46. The Morgan fingerprint density at radius 3 is 2.40 bits per heavy atom. The van der Waals surface area contributed by atoms with Crippen molar-refractivity contribution in [2.45, 2.75) is 46.5 Å². The number of benzene rings is 1. The molecule has 1 aromatic carbocycles. The number of nitrogens with one attached hydrogen (secondary N) is 1. The van der Waals surface area contributed by atoms with E-state index in [1.807, 2.05) is 12.1 Å². The zero-order valence-electron chi connectivity index (χ0n) is 13.1. The average molecular weight is 277 g/mol. The van der Waals surface area contributed by atoms with Gasteiger partial charge in [-0.25, -0.2) is 0 Å². The molecule has 0 spiro atoms. The van der Waals surface area contributed by atoms with Crippen LogP contribution in [0.5, 0.6) is 5.75 Å². The van der Waals surface area contributed by atoms with Crippen LogP contribution in [0.1, 0.15) is 52.0 Å². The molecule has 1 amide bonds. The molecule has 0 aromatic heterocycles. The average Bonchev–Trinajstić information content (AvgIpc) is 2.44. The molecule has 0 heterocycles. The molecule has 1 unspecified atom stereocenters. The third-order valence-corrected chi connectivity index (χ3v) is 3.48. The number of hydrogen-bond acceptors (Lipinski definition) is 2. The van der Waals surface area contributed by atoms with Crippen molar-refractivity contribution in [2.75, 3.05) is 13.2 Å². The Morgan fingerprint density at radius 1 is 1.20 bits per heavy atom. The van der Waals surface area contributed by atoms with Crippen molar-refractivity contribution in [1.82, 2.24) is 5.32 Å². The predicted octanol–water partition coefficient (Wildman–Crippen LogP) is 3.74. The molecule has 1 rings (SSSR count). The standard InChI is InChI=1S/C17H27NO2/c1-5-14(4)15-6-8-16(9-7-15)20-12-17(19)18-11-10-13(2)3/h6-9,13-14H,5,10-12H2,1-4H3,(H,18,19). The summed E-state index contributed by atoms with van der Waals surface area (Å²) in [6.07, 6.45) is 2.12. The molecule has 112 valence electrons. The van der Waals surface area contributed by atoms with Gasteiger partial charge in [0.05, 0.1) is 0 Å². The molecule has 0 saturated heterocycles. The molecule has 1 atom stereocenters. The van der Waals surface area contributed by atoms with Crippen LogP contribution in [0.25, 0.3) is 0 Å². The molecule has 1 N–H and O–H groups in total. The minimum absolute atomic E-state index is 0.0587. The molecule has 0 aliphatic rings. The van der Waals surface area contributed by atoms with Crippen LogP contribution in [-0.2, 0) is 4.79 Å². The fourth-order valence-corrected chi connectivity index (χ4v) is 1.83. The molecule has 0 bridgehead atoms. The van der Waals surface area contributed by atoms with Gasteiger partial charge in [-0.3, -0.25) is 4.79 Å². The lowest BCUT2D eigenvalue weighted by molar-refractivity contribution is -0.123. The van der Waals surface area contributed by atoms with Crippen molar-refractivity contribution >= 4 is 5.91 Å². The summed E-state index contributed by atoms with van der Waals surface area (Å²) < 4.78 is 5.48. The summed E-state index contributed by atoms with van der Waals surface area (Å²) in [5.74, 6) is 1.85. The number of ether oxygens (including phenoxy) is 1. The first kappa shape index (κ1) is 16.5. The number of carbonyl (C=O) groups is 1. The van der Waals surface area contributed by atoms with E-state index in [9.17, 15) is 4.79 Å². The molecule has 1 aromatic rings. The summed E-state index contributed by atoms with van der Waals surface area (Å²) in [4.78, 5) is 11.6. The molecule has 3 heteroatoms. The fraction of sp³-hybridized carbons (Fsp3) is 0.588. The Balaban J connectivity index is 2.32. The van der Waals surface area contributed by atoms with Gasteiger partial charge in [0, 0.05) is 6.54 Å². The van der Waals surface area contributed by atoms with E-state index in [1.165, 1.54) is 5.56 Å². The lowest BCUT2D eigenvalue weighted by Crippen LogP contribution is -2.30. The van der Waals surface area contributed by atoms with Gasteiger partial charge in [0.25, 0.3) is 5.91 Å². The highest BCUT2D eigenvalue weighted by atomic mass is 16.5. The van der Waals surface area contributed by atoms with Gasteiger partial charge in [0.1, 0.15) is 5.75 Å². The third-order valence-electron chi connectivity index (χ3n) is 3.48. The summed E-state index contributed by atoms with van der Waals surface area (Å²) in [5, 5.41) is 2.86. The van der Waals surface area contributed by atoms with Gasteiger partial charge < -0.3 is 10.1 Å². The maximum Gasteiger partial charge on any atom is 0.257 e. The van der Waals surface area contributed by atoms with E-state index in [2.05, 4.69) is 45.1 Å². The molecular weight excluding hydrogens is 250 g/mol. The van der Waals surface area contributed by atoms with E-state index in [4.69, 9.17) is 4.74 Å². The number of carbonyl (C=O) groups excluding carboxylic acids is 1. The first-order valence-electron chi connectivity index (χ1n) is 7.52. The van der Waals surface area contributed by atoms with Crippen LogP contribution < -0.4 is 10.1 Å². The highest BCUT2D eigenvalue weighted by Crippen LogP contribution is 2.21. The Kier molecular flexibility index (Phi) is 7.13. The first-order chi connectivity index (χ1) is 9.52. The van der Waals surface area contributed by atoms with Gasteiger partial charge in [0.2, 0.25) is 0 Å². The first-order valence-corrected chi connectivity index (χ1v) is 7.52. The summed E-state index contributed by atoms with van der Waals surface area (Å²) in [6, 6.07) is 8.01. The second-order valence-electron chi connectivity index (χ2n) is 5.70. The normalized spacial score (nSPS) is 12.2. The zero-order valence-corrected chi connectivity index (χ0v) is 13.1. The van der Waals surface area contributed by atoms with Crippen molar-refractivity contribution in [3.63, 3.8) is 0 Å². The van der Waals surface area contributed by atoms with Crippen LogP contribution in [0.3, 0.4) is 0 Å². The van der Waals surface area contributed by atoms with Gasteiger partial charge in [-0.05, 0) is 42.4 Å². The van der Waals surface area contributed by atoms with Crippen molar-refractivity contribution in [3.8, 4) is 5.75 Å². The van der Waals surface area contributed by atoms with Crippen LogP contribution in [0.2, 0.25) is 0 Å². The Labute approximate surface area is 122 Å². The lowest BCUT2D eigenvalue weighted by atomic mass is 9.99. The number of amides is 1. The smallest absolute Gasteiger partial charge is 0.257 e. The molecule has 0 aliphatic carbocycles. The second kappa shape index (κ2) is 8.62. The molecule has 0 aliphatic heterocycles. The number of hydrogen-bond donors (Lipinski definition) is 1. The van der Waals surface area contributed by atoms with E-state index >= 15 is 0 Å². The maximum atomic E-state index is 11.6. The highest BCUT2D eigenvalue weighted by molar-refractivity contribution is 5.77. The minimum atomic E-state index is -0.0587. The topological polar surface area (TPSA) is 38.3 Å². The highest BCUT2D eigenvalue weighted by Gasteiger charge is 2.05. The third kappa shape index (κ3) is 6.09. The monoisotopic (exact) mass is 277 g/mol. The van der Waals surface area contributed by atoms with Crippen LogP contribution in [0.4, 0.5) is 0 Å². The van der Waals surface area contributed by atoms with Crippen molar-refractivity contribution in [2.24, 2.45) is 5.92 Å². The van der Waals surface area contributed by atoms with E-state index in [-0.39, 0.29) is 12.5 Å². The van der Waals surface area contributed by atoms with Gasteiger partial charge in [-0.15, -0.1) is 0 Å². The zero-order chi connectivity index (χ0) is 15.0. The Bertz CT molecular complexity index is 398. The minimum Gasteiger partial charge on any atom is -0.484 e. The van der Waals surface area contributed by atoms with E-state index in [1.54, 1.807) is 0 Å². The summed E-state index contributed by atoms with van der Waals surface area (Å²) in [5.41, 5.74) is 1.31. The molecule has 3 nitrogen and oxygen atoms in total. The fourth-order valence-electron chi connectivity index (χ4n) is 1.83. The number of rotatable bonds is 8. The van der Waals surface area contributed by atoms with Crippen LogP contribution in [-0.4, -0.2) is 19.1 Å². The van der Waals surface area contributed by atoms with Crippen LogP contribution >= 0.6 is 0 Å². The molecule has 0 fully saturated rings. The molecule has 0 saturated carbocycles.